The molecule has 0 fully saturated rings. The van der Waals surface area contributed by atoms with E-state index >= 15 is 0 Å². The summed E-state index contributed by atoms with van der Waals surface area (Å²) in [6, 6.07) is 15.6. The van der Waals surface area contributed by atoms with E-state index in [1.165, 1.54) is 6.07 Å². The van der Waals surface area contributed by atoms with Crippen LogP contribution in [0.5, 0.6) is 17.2 Å². The molecule has 0 amide bonds. The van der Waals surface area contributed by atoms with Crippen molar-refractivity contribution in [2.24, 2.45) is 4.99 Å². The number of aromatic nitrogens is 1. The second-order valence-corrected chi connectivity index (χ2v) is 8.20. The molecule has 169 valence electrons. The maximum absolute atomic E-state index is 9.59. The molecule has 0 aliphatic carbocycles. The first-order valence-corrected chi connectivity index (χ1v) is 10.7. The molecule has 6 nitrogen and oxygen atoms in total. The van der Waals surface area contributed by atoms with E-state index in [9.17, 15) is 10.2 Å². The Morgan fingerprint density at radius 2 is 1.66 bits per heavy atom. The van der Waals surface area contributed by atoms with E-state index in [4.69, 9.17) is 20.4 Å². The molecule has 0 spiro atoms. The van der Waals surface area contributed by atoms with Crippen LogP contribution in [0.2, 0.25) is 5.02 Å². The van der Waals surface area contributed by atoms with Crippen LogP contribution in [-0.4, -0.2) is 33.1 Å². The van der Waals surface area contributed by atoms with Crippen LogP contribution in [0.4, 0.5) is 0 Å². The van der Waals surface area contributed by atoms with Crippen molar-refractivity contribution < 1.29 is 36.4 Å². The molecule has 0 aliphatic heterocycles. The van der Waals surface area contributed by atoms with Crippen molar-refractivity contribution in [1.29, 1.82) is 0 Å². The molecule has 0 radical (unpaired) electrons. The number of aromatic hydroxyl groups is 3. The quantitative estimate of drug-likeness (QED) is 0.334. The number of nitrogens with zero attached hydrogens (tertiary/aromatic N) is 2. The third-order valence-electron chi connectivity index (χ3n) is 4.28. The Balaban J connectivity index is 0.000000318. The van der Waals surface area contributed by atoms with Crippen LogP contribution in [0, 0.1) is 0 Å². The molecule has 0 aliphatic rings. The summed E-state index contributed by atoms with van der Waals surface area (Å²) < 4.78 is 8.19. The molecule has 0 saturated heterocycles. The number of phenolic OH excluding ortho intramolecular Hbond substituents is 3. The molecule has 0 atom stereocenters. The first-order chi connectivity index (χ1) is 15.2. The van der Waals surface area contributed by atoms with E-state index in [0.29, 0.717) is 17.1 Å². The van der Waals surface area contributed by atoms with E-state index in [0.717, 1.165) is 35.0 Å². The van der Waals surface area contributed by atoms with Gasteiger partial charge in [0.2, 0.25) is 0 Å². The second-order valence-electron chi connectivity index (χ2n) is 7.76. The normalized spacial score (nSPS) is 10.6. The van der Waals surface area contributed by atoms with Gasteiger partial charge in [0.1, 0.15) is 5.75 Å². The summed E-state index contributed by atoms with van der Waals surface area (Å²) in [7, 11) is 0. The van der Waals surface area contributed by atoms with Gasteiger partial charge in [0.15, 0.2) is 11.5 Å². The fourth-order valence-corrected chi connectivity index (χ4v) is 2.69. The summed E-state index contributed by atoms with van der Waals surface area (Å²) in [5, 5.41) is 28.4. The number of phenols is 3. The Morgan fingerprint density at radius 1 is 0.969 bits per heavy atom. The maximum atomic E-state index is 9.59. The summed E-state index contributed by atoms with van der Waals surface area (Å²) in [5.41, 5.74) is 2.65. The molecular formula is C24H27ClN2O4V. The molecular weight excluding hydrogens is 467 g/mol. The molecule has 1 aromatic heterocycles. The van der Waals surface area contributed by atoms with E-state index < -0.39 is 0 Å². The average molecular weight is 494 g/mol. The average Bonchev–Trinajstić information content (AvgIpc) is 2.77. The predicted octanol–water partition coefficient (Wildman–Crippen LogP) is 5.38. The SMILES string of the molecule is CC(C)(C)c1ccc(O)c(O)c1.Oc1ccc(Cl)cc1C=NCCc1ccccn1.[O]=[V]. The van der Waals surface area contributed by atoms with Gasteiger partial charge in [-0.05, 0) is 53.4 Å². The van der Waals surface area contributed by atoms with E-state index in [-0.39, 0.29) is 22.7 Å². The molecule has 0 bridgehead atoms. The Morgan fingerprint density at radius 3 is 2.25 bits per heavy atom. The number of pyridine rings is 1. The van der Waals surface area contributed by atoms with Gasteiger partial charge in [0, 0.05) is 41.7 Å². The van der Waals surface area contributed by atoms with Crippen molar-refractivity contribution in [3.05, 3.63) is 82.6 Å². The number of hydrogen-bond acceptors (Lipinski definition) is 6. The van der Waals surface area contributed by atoms with Gasteiger partial charge in [0.05, 0.1) is 0 Å². The van der Waals surface area contributed by atoms with Crippen LogP contribution >= 0.6 is 11.6 Å². The molecule has 8 heteroatoms. The third kappa shape index (κ3) is 9.64. The monoisotopic (exact) mass is 493 g/mol. The van der Waals surface area contributed by atoms with Crippen molar-refractivity contribution in [1.82, 2.24) is 4.98 Å². The molecule has 2 aromatic carbocycles. The first-order valence-electron chi connectivity index (χ1n) is 9.76. The standard InChI is InChI=1S/C14H13ClN2O.C10H14O2.O.V/c15-12-4-5-14(18)11(9-12)10-16-8-6-13-3-1-2-7-17-13;1-10(2,3)7-4-5-8(11)9(12)6-7;;/h1-5,7,9-10,18H,6,8H2;4-6,11-12H,1-3H3;;. The number of hydrogen-bond donors (Lipinski definition) is 3. The minimum absolute atomic E-state index is 0.00514. The van der Waals surface area contributed by atoms with Crippen molar-refractivity contribution in [3.8, 4) is 17.2 Å². The van der Waals surface area contributed by atoms with Crippen LogP contribution in [0.15, 0.2) is 65.8 Å². The third-order valence-corrected chi connectivity index (χ3v) is 4.52. The van der Waals surface area contributed by atoms with E-state index in [1.54, 1.807) is 36.7 Å². The predicted molar refractivity (Wildman–Crippen MR) is 123 cm³/mol. The summed E-state index contributed by atoms with van der Waals surface area (Å²) >= 11 is 6.91. The zero-order valence-electron chi connectivity index (χ0n) is 18.2. The summed E-state index contributed by atoms with van der Waals surface area (Å²) in [4.78, 5) is 8.47. The van der Waals surface area contributed by atoms with Gasteiger partial charge in [-0.1, -0.05) is 44.5 Å². The summed E-state index contributed by atoms with van der Waals surface area (Å²) in [5.74, 6) is 0.0615. The zero-order valence-corrected chi connectivity index (χ0v) is 20.4. The minimum atomic E-state index is -0.0667. The molecule has 3 aromatic rings. The van der Waals surface area contributed by atoms with Crippen LogP contribution in [0.3, 0.4) is 0 Å². The van der Waals surface area contributed by atoms with Crippen molar-refractivity contribution in [2.75, 3.05) is 6.54 Å². The fourth-order valence-electron chi connectivity index (χ4n) is 2.51. The topological polar surface area (TPSA) is 103 Å². The van der Waals surface area contributed by atoms with Gasteiger partial charge >= 0.3 is 21.0 Å². The number of halogens is 1. The van der Waals surface area contributed by atoms with Gasteiger partial charge in [-0.3, -0.25) is 9.98 Å². The van der Waals surface area contributed by atoms with Crippen LogP contribution in [0.1, 0.15) is 37.6 Å². The summed E-state index contributed by atoms with van der Waals surface area (Å²) in [6.45, 7) is 6.79. The van der Waals surface area contributed by atoms with Gasteiger partial charge in [-0.25, -0.2) is 0 Å². The molecule has 0 unspecified atom stereocenters. The van der Waals surface area contributed by atoms with Gasteiger partial charge in [0.25, 0.3) is 0 Å². The molecule has 1 heterocycles. The van der Waals surface area contributed by atoms with Gasteiger partial charge < -0.3 is 15.3 Å². The van der Waals surface area contributed by atoms with Crippen molar-refractivity contribution >= 4 is 17.8 Å². The Labute approximate surface area is 202 Å². The zero-order chi connectivity index (χ0) is 24.1. The number of aliphatic imine (C=N–C) groups is 1. The van der Waals surface area contributed by atoms with Crippen molar-refractivity contribution in [2.45, 2.75) is 32.6 Å². The fraction of sp³-hybridized carbons (Fsp3) is 0.250. The van der Waals surface area contributed by atoms with Crippen molar-refractivity contribution in [3.63, 3.8) is 0 Å². The number of rotatable bonds is 4. The molecule has 3 N–H and O–H groups in total. The van der Waals surface area contributed by atoms with Gasteiger partial charge in [-0.15, -0.1) is 0 Å². The molecule has 32 heavy (non-hydrogen) atoms. The summed E-state index contributed by atoms with van der Waals surface area (Å²) in [6.07, 6.45) is 4.17. The van der Waals surface area contributed by atoms with E-state index in [2.05, 4.69) is 30.7 Å². The van der Waals surface area contributed by atoms with E-state index in [1.807, 2.05) is 24.3 Å². The Kier molecular flexibility index (Phi) is 11.7. The second kappa shape index (κ2) is 13.7. The van der Waals surface area contributed by atoms with Crippen LogP contribution < -0.4 is 0 Å². The van der Waals surface area contributed by atoms with Crippen LogP contribution in [0.25, 0.3) is 0 Å². The van der Waals surface area contributed by atoms with Crippen LogP contribution in [-0.2, 0) is 32.9 Å². The molecule has 3 rings (SSSR count). The van der Waals surface area contributed by atoms with Gasteiger partial charge in [-0.2, -0.15) is 0 Å². The first kappa shape index (κ1) is 27.4. The number of benzene rings is 2. The Hall–Kier alpha value is -2.67. The molecule has 0 saturated carbocycles. The Bertz CT molecular complexity index is 1010.